The molecule has 1 aromatic rings. The summed E-state index contributed by atoms with van der Waals surface area (Å²) < 4.78 is 0. The van der Waals surface area contributed by atoms with Gasteiger partial charge in [0.1, 0.15) is 0 Å². The van der Waals surface area contributed by atoms with Gasteiger partial charge in [0.2, 0.25) is 0 Å². The van der Waals surface area contributed by atoms with Gasteiger partial charge in [-0.1, -0.05) is 44.2 Å². The van der Waals surface area contributed by atoms with E-state index in [1.807, 2.05) is 18.2 Å². The third kappa shape index (κ3) is 7.91. The number of rotatable bonds is 9. The van der Waals surface area contributed by atoms with E-state index in [4.69, 9.17) is 4.84 Å². The summed E-state index contributed by atoms with van der Waals surface area (Å²) in [5.74, 6) is 0. The number of benzene rings is 1. The van der Waals surface area contributed by atoms with Gasteiger partial charge in [0.05, 0.1) is 6.61 Å². The zero-order valence-electron chi connectivity index (χ0n) is 10.9. The van der Waals surface area contributed by atoms with Gasteiger partial charge in [0.15, 0.2) is 0 Å². The van der Waals surface area contributed by atoms with Crippen LogP contribution < -0.4 is 10.8 Å². The molecule has 3 heteroatoms. The smallest absolute Gasteiger partial charge is 0.0933 e. The molecule has 0 heterocycles. The zero-order valence-corrected chi connectivity index (χ0v) is 10.9. The molecule has 0 radical (unpaired) electrons. The van der Waals surface area contributed by atoms with Crippen molar-refractivity contribution < 1.29 is 4.84 Å². The van der Waals surface area contributed by atoms with Crippen molar-refractivity contribution in [1.82, 2.24) is 10.8 Å². The van der Waals surface area contributed by atoms with E-state index in [1.54, 1.807) is 0 Å². The second-order valence-corrected chi connectivity index (χ2v) is 4.48. The lowest BCUT2D eigenvalue weighted by molar-refractivity contribution is 0.0273. The second kappa shape index (κ2) is 9.16. The van der Waals surface area contributed by atoms with Crippen LogP contribution in [0.3, 0.4) is 0 Å². The van der Waals surface area contributed by atoms with Gasteiger partial charge < -0.3 is 5.32 Å². The standard InChI is InChI=1S/C14H24N2O/c1-13(2)15-10-6-7-11-16-17-12-14-8-4-3-5-9-14/h3-5,8-9,13,15-16H,6-7,10-12H2,1-2H3. The minimum absolute atomic E-state index is 0.581. The monoisotopic (exact) mass is 236 g/mol. The number of hydrogen-bond acceptors (Lipinski definition) is 3. The number of unbranched alkanes of at least 4 members (excludes halogenated alkanes) is 1. The van der Waals surface area contributed by atoms with Gasteiger partial charge in [-0.25, -0.2) is 5.48 Å². The van der Waals surface area contributed by atoms with Crippen LogP contribution in [0.5, 0.6) is 0 Å². The minimum atomic E-state index is 0.581. The summed E-state index contributed by atoms with van der Waals surface area (Å²) >= 11 is 0. The molecule has 0 atom stereocenters. The molecule has 2 N–H and O–H groups in total. The fourth-order valence-corrected chi connectivity index (χ4v) is 1.49. The fourth-order valence-electron chi connectivity index (χ4n) is 1.49. The Balaban J connectivity index is 1.88. The molecular weight excluding hydrogens is 212 g/mol. The topological polar surface area (TPSA) is 33.3 Å². The van der Waals surface area contributed by atoms with Crippen LogP contribution in [0, 0.1) is 0 Å². The van der Waals surface area contributed by atoms with E-state index in [0.29, 0.717) is 12.6 Å². The van der Waals surface area contributed by atoms with Crippen molar-refractivity contribution in [2.75, 3.05) is 13.1 Å². The molecule has 3 nitrogen and oxygen atoms in total. The van der Waals surface area contributed by atoms with Crippen molar-refractivity contribution in [3.05, 3.63) is 35.9 Å². The Morgan fingerprint density at radius 3 is 2.47 bits per heavy atom. The summed E-state index contributed by atoms with van der Waals surface area (Å²) in [6.45, 7) is 6.96. The largest absolute Gasteiger partial charge is 0.315 e. The van der Waals surface area contributed by atoms with Crippen molar-refractivity contribution in [3.63, 3.8) is 0 Å². The van der Waals surface area contributed by atoms with Crippen LogP contribution >= 0.6 is 0 Å². The predicted molar refractivity (Wildman–Crippen MR) is 71.6 cm³/mol. The van der Waals surface area contributed by atoms with Crippen LogP contribution in [-0.2, 0) is 11.4 Å². The average molecular weight is 236 g/mol. The molecule has 0 aliphatic heterocycles. The molecule has 1 rings (SSSR count). The van der Waals surface area contributed by atoms with E-state index >= 15 is 0 Å². The van der Waals surface area contributed by atoms with Gasteiger partial charge in [0, 0.05) is 12.6 Å². The Kier molecular flexibility index (Phi) is 7.63. The van der Waals surface area contributed by atoms with E-state index in [2.05, 4.69) is 36.8 Å². The van der Waals surface area contributed by atoms with Crippen molar-refractivity contribution in [3.8, 4) is 0 Å². The first-order valence-electron chi connectivity index (χ1n) is 6.41. The molecule has 0 saturated carbocycles. The molecule has 0 amide bonds. The van der Waals surface area contributed by atoms with E-state index in [-0.39, 0.29) is 0 Å². The summed E-state index contributed by atoms with van der Waals surface area (Å²) in [5, 5.41) is 3.39. The van der Waals surface area contributed by atoms with Gasteiger partial charge in [-0.05, 0) is 24.9 Å². The Morgan fingerprint density at radius 2 is 1.76 bits per heavy atom. The first kappa shape index (κ1) is 14.2. The maximum absolute atomic E-state index is 5.38. The highest BCUT2D eigenvalue weighted by molar-refractivity contribution is 5.13. The van der Waals surface area contributed by atoms with Crippen LogP contribution in [0.1, 0.15) is 32.3 Å². The highest BCUT2D eigenvalue weighted by atomic mass is 16.6. The molecular formula is C14H24N2O. The third-order valence-electron chi connectivity index (χ3n) is 2.44. The van der Waals surface area contributed by atoms with Crippen molar-refractivity contribution >= 4 is 0 Å². The zero-order chi connectivity index (χ0) is 12.3. The number of hydrogen-bond donors (Lipinski definition) is 2. The quantitative estimate of drug-likeness (QED) is 0.510. The van der Waals surface area contributed by atoms with Crippen molar-refractivity contribution in [2.24, 2.45) is 0 Å². The van der Waals surface area contributed by atoms with E-state index < -0.39 is 0 Å². The highest BCUT2D eigenvalue weighted by Crippen LogP contribution is 1.98. The van der Waals surface area contributed by atoms with Gasteiger partial charge in [-0.2, -0.15) is 0 Å². The van der Waals surface area contributed by atoms with Crippen LogP contribution in [0.4, 0.5) is 0 Å². The maximum Gasteiger partial charge on any atom is 0.0933 e. The molecule has 0 aliphatic carbocycles. The molecule has 17 heavy (non-hydrogen) atoms. The molecule has 0 aromatic heterocycles. The summed E-state index contributed by atoms with van der Waals surface area (Å²) in [4.78, 5) is 5.38. The number of hydroxylamine groups is 1. The van der Waals surface area contributed by atoms with E-state index in [0.717, 1.165) is 19.5 Å². The predicted octanol–water partition coefficient (Wildman–Crippen LogP) is 2.49. The molecule has 0 spiro atoms. The molecule has 0 unspecified atom stereocenters. The van der Waals surface area contributed by atoms with Crippen LogP contribution in [0.2, 0.25) is 0 Å². The molecule has 1 aromatic carbocycles. The van der Waals surface area contributed by atoms with Crippen LogP contribution in [0.15, 0.2) is 30.3 Å². The first-order valence-corrected chi connectivity index (χ1v) is 6.41. The molecule has 0 bridgehead atoms. The first-order chi connectivity index (χ1) is 8.29. The second-order valence-electron chi connectivity index (χ2n) is 4.48. The van der Waals surface area contributed by atoms with Crippen LogP contribution in [-0.4, -0.2) is 19.1 Å². The maximum atomic E-state index is 5.38. The van der Waals surface area contributed by atoms with Crippen molar-refractivity contribution in [1.29, 1.82) is 0 Å². The summed E-state index contributed by atoms with van der Waals surface area (Å²) in [7, 11) is 0. The Hall–Kier alpha value is -0.900. The SMILES string of the molecule is CC(C)NCCCCNOCc1ccccc1. The summed E-state index contributed by atoms with van der Waals surface area (Å²) in [6, 6.07) is 10.8. The van der Waals surface area contributed by atoms with E-state index in [1.165, 1.54) is 12.0 Å². The molecule has 0 saturated heterocycles. The highest BCUT2D eigenvalue weighted by Gasteiger charge is 1.93. The van der Waals surface area contributed by atoms with Crippen LogP contribution in [0.25, 0.3) is 0 Å². The fraction of sp³-hybridized carbons (Fsp3) is 0.571. The Morgan fingerprint density at radius 1 is 1.06 bits per heavy atom. The Bertz CT molecular complexity index is 275. The average Bonchev–Trinajstić information content (AvgIpc) is 2.33. The van der Waals surface area contributed by atoms with Gasteiger partial charge in [-0.3, -0.25) is 4.84 Å². The number of nitrogens with one attached hydrogen (secondary N) is 2. The van der Waals surface area contributed by atoms with Crippen molar-refractivity contribution in [2.45, 2.75) is 39.3 Å². The molecule has 0 fully saturated rings. The molecule has 96 valence electrons. The van der Waals surface area contributed by atoms with Gasteiger partial charge in [-0.15, -0.1) is 0 Å². The molecule has 0 aliphatic rings. The lowest BCUT2D eigenvalue weighted by Crippen LogP contribution is -2.24. The Labute approximate surface area is 105 Å². The van der Waals surface area contributed by atoms with Gasteiger partial charge >= 0.3 is 0 Å². The summed E-state index contributed by atoms with van der Waals surface area (Å²) in [5.41, 5.74) is 4.19. The third-order valence-corrected chi connectivity index (χ3v) is 2.44. The van der Waals surface area contributed by atoms with E-state index in [9.17, 15) is 0 Å². The van der Waals surface area contributed by atoms with Gasteiger partial charge in [0.25, 0.3) is 0 Å². The lowest BCUT2D eigenvalue weighted by atomic mass is 10.2. The minimum Gasteiger partial charge on any atom is -0.315 e. The normalized spacial score (nSPS) is 11.0. The summed E-state index contributed by atoms with van der Waals surface area (Å²) in [6.07, 6.45) is 2.31. The lowest BCUT2D eigenvalue weighted by Gasteiger charge is -2.08.